The Morgan fingerprint density at radius 3 is 2.60 bits per heavy atom. The smallest absolute Gasteiger partial charge is 0.262 e. The third kappa shape index (κ3) is 3.79. The first kappa shape index (κ1) is 13.5. The van der Waals surface area contributed by atoms with Crippen molar-refractivity contribution in [2.45, 2.75) is 6.54 Å². The zero-order chi connectivity index (χ0) is 14.2. The van der Waals surface area contributed by atoms with E-state index in [0.29, 0.717) is 12.2 Å². The number of carbonyl (C=O) groups is 1. The molecule has 2 rings (SSSR count). The second kappa shape index (κ2) is 6.86. The summed E-state index contributed by atoms with van der Waals surface area (Å²) in [5.74, 6) is -0.401. The second-order valence-electron chi connectivity index (χ2n) is 4.09. The van der Waals surface area contributed by atoms with Gasteiger partial charge in [0.05, 0.1) is 5.69 Å². The van der Waals surface area contributed by atoms with Crippen molar-refractivity contribution in [2.24, 2.45) is 0 Å². The SMILES string of the molecule is N#C/C(=C/c1ccccn1)C(=O)NCc1ccccc1. The highest BCUT2D eigenvalue weighted by molar-refractivity contribution is 6.01. The van der Waals surface area contributed by atoms with Gasteiger partial charge >= 0.3 is 0 Å². The molecule has 0 aliphatic carbocycles. The van der Waals surface area contributed by atoms with Crippen LogP contribution in [0.1, 0.15) is 11.3 Å². The molecule has 0 aliphatic heterocycles. The van der Waals surface area contributed by atoms with E-state index in [1.165, 1.54) is 6.08 Å². The Balaban J connectivity index is 2.03. The molecule has 0 bridgehead atoms. The number of nitrogens with zero attached hydrogens (tertiary/aromatic N) is 2. The number of hydrogen-bond acceptors (Lipinski definition) is 3. The van der Waals surface area contributed by atoms with Crippen LogP contribution in [-0.2, 0) is 11.3 Å². The van der Waals surface area contributed by atoms with Gasteiger partial charge in [-0.15, -0.1) is 0 Å². The van der Waals surface area contributed by atoms with Crippen molar-refractivity contribution in [3.63, 3.8) is 0 Å². The van der Waals surface area contributed by atoms with E-state index >= 15 is 0 Å². The van der Waals surface area contributed by atoms with E-state index in [4.69, 9.17) is 5.26 Å². The third-order valence-electron chi connectivity index (χ3n) is 2.64. The molecular formula is C16H13N3O. The van der Waals surface area contributed by atoms with Crippen molar-refractivity contribution in [1.82, 2.24) is 10.3 Å². The van der Waals surface area contributed by atoms with E-state index in [1.54, 1.807) is 24.4 Å². The van der Waals surface area contributed by atoms with Crippen molar-refractivity contribution in [1.29, 1.82) is 5.26 Å². The first-order valence-electron chi connectivity index (χ1n) is 6.14. The van der Waals surface area contributed by atoms with Crippen LogP contribution in [0.2, 0.25) is 0 Å². The lowest BCUT2D eigenvalue weighted by Gasteiger charge is -2.04. The fraction of sp³-hybridized carbons (Fsp3) is 0.0625. The van der Waals surface area contributed by atoms with Gasteiger partial charge in [-0.25, -0.2) is 0 Å². The Bertz CT molecular complexity index is 642. The van der Waals surface area contributed by atoms with Gasteiger partial charge in [0.15, 0.2) is 0 Å². The van der Waals surface area contributed by atoms with Crippen molar-refractivity contribution in [3.05, 3.63) is 71.6 Å². The van der Waals surface area contributed by atoms with E-state index in [9.17, 15) is 4.79 Å². The first-order valence-corrected chi connectivity index (χ1v) is 6.14. The number of aromatic nitrogens is 1. The van der Waals surface area contributed by atoms with Gasteiger partial charge in [0.1, 0.15) is 11.6 Å². The minimum atomic E-state index is -0.401. The standard InChI is InChI=1S/C16H13N3O/c17-11-14(10-15-8-4-5-9-18-15)16(20)19-12-13-6-2-1-3-7-13/h1-10H,12H2,(H,19,20)/b14-10-. The van der Waals surface area contributed by atoms with Crippen molar-refractivity contribution >= 4 is 12.0 Å². The molecule has 1 N–H and O–H groups in total. The molecule has 0 saturated heterocycles. The zero-order valence-corrected chi connectivity index (χ0v) is 10.8. The Kier molecular flexibility index (Phi) is 4.63. The van der Waals surface area contributed by atoms with Crippen LogP contribution in [0.3, 0.4) is 0 Å². The van der Waals surface area contributed by atoms with Gasteiger partial charge < -0.3 is 5.32 Å². The van der Waals surface area contributed by atoms with Crippen LogP contribution in [0.15, 0.2) is 60.3 Å². The Hall–Kier alpha value is -2.93. The van der Waals surface area contributed by atoms with Crippen LogP contribution in [0.5, 0.6) is 0 Å². The van der Waals surface area contributed by atoms with Crippen molar-refractivity contribution in [3.8, 4) is 6.07 Å². The number of nitriles is 1. The van der Waals surface area contributed by atoms with Gasteiger partial charge in [-0.05, 0) is 23.8 Å². The molecule has 1 aromatic carbocycles. The van der Waals surface area contributed by atoms with Crippen molar-refractivity contribution < 1.29 is 4.79 Å². The molecular weight excluding hydrogens is 250 g/mol. The Morgan fingerprint density at radius 2 is 1.95 bits per heavy atom. The van der Waals surface area contributed by atoms with E-state index < -0.39 is 5.91 Å². The summed E-state index contributed by atoms with van der Waals surface area (Å²) < 4.78 is 0. The van der Waals surface area contributed by atoms with Crippen LogP contribution < -0.4 is 5.32 Å². The van der Waals surface area contributed by atoms with Gasteiger partial charge in [-0.1, -0.05) is 36.4 Å². The molecule has 0 atom stereocenters. The summed E-state index contributed by atoms with van der Waals surface area (Å²) >= 11 is 0. The monoisotopic (exact) mass is 263 g/mol. The van der Waals surface area contributed by atoms with Crippen LogP contribution in [0.4, 0.5) is 0 Å². The number of carbonyl (C=O) groups excluding carboxylic acids is 1. The number of pyridine rings is 1. The molecule has 2 aromatic rings. The number of rotatable bonds is 4. The molecule has 4 heteroatoms. The first-order chi connectivity index (χ1) is 9.79. The predicted octanol–water partition coefficient (Wildman–Crippen LogP) is 2.30. The topological polar surface area (TPSA) is 65.8 Å². The normalized spacial score (nSPS) is 10.7. The van der Waals surface area contributed by atoms with Gasteiger partial charge in [0.25, 0.3) is 5.91 Å². The molecule has 0 saturated carbocycles. The maximum Gasteiger partial charge on any atom is 0.262 e. The highest BCUT2D eigenvalue weighted by atomic mass is 16.1. The second-order valence-corrected chi connectivity index (χ2v) is 4.09. The maximum atomic E-state index is 11.9. The fourth-order valence-corrected chi connectivity index (χ4v) is 1.63. The summed E-state index contributed by atoms with van der Waals surface area (Å²) in [6.45, 7) is 0.390. The summed E-state index contributed by atoms with van der Waals surface area (Å²) in [5.41, 5.74) is 1.61. The number of benzene rings is 1. The van der Waals surface area contributed by atoms with Gasteiger partial charge in [-0.2, -0.15) is 5.26 Å². The molecule has 0 spiro atoms. The molecule has 98 valence electrons. The number of hydrogen-bond donors (Lipinski definition) is 1. The molecule has 0 fully saturated rings. The zero-order valence-electron chi connectivity index (χ0n) is 10.8. The van der Waals surface area contributed by atoms with Crippen LogP contribution in [0, 0.1) is 11.3 Å². The van der Waals surface area contributed by atoms with Gasteiger partial charge in [0.2, 0.25) is 0 Å². The largest absolute Gasteiger partial charge is 0.347 e. The molecule has 1 aromatic heterocycles. The molecule has 0 unspecified atom stereocenters. The summed E-state index contributed by atoms with van der Waals surface area (Å²) in [6.07, 6.45) is 3.09. The van der Waals surface area contributed by atoms with E-state index in [2.05, 4.69) is 10.3 Å². The van der Waals surface area contributed by atoms with Gasteiger partial charge in [0, 0.05) is 12.7 Å². The van der Waals surface area contributed by atoms with E-state index in [0.717, 1.165) is 5.56 Å². The Labute approximate surface area is 117 Å². The maximum absolute atomic E-state index is 11.9. The van der Waals surface area contributed by atoms with Crippen LogP contribution in [0.25, 0.3) is 6.08 Å². The fourth-order valence-electron chi connectivity index (χ4n) is 1.63. The minimum absolute atomic E-state index is 0.0413. The molecule has 4 nitrogen and oxygen atoms in total. The number of nitrogens with one attached hydrogen (secondary N) is 1. The summed E-state index contributed by atoms with van der Waals surface area (Å²) in [6, 6.07) is 16.7. The molecule has 0 radical (unpaired) electrons. The molecule has 0 aliphatic rings. The van der Waals surface area contributed by atoms with Crippen molar-refractivity contribution in [2.75, 3.05) is 0 Å². The summed E-state index contributed by atoms with van der Waals surface area (Å²) in [5, 5.41) is 11.8. The van der Waals surface area contributed by atoms with E-state index in [-0.39, 0.29) is 5.57 Å². The lowest BCUT2D eigenvalue weighted by molar-refractivity contribution is -0.117. The highest BCUT2D eigenvalue weighted by Gasteiger charge is 2.08. The van der Waals surface area contributed by atoms with E-state index in [1.807, 2.05) is 36.4 Å². The number of amides is 1. The lowest BCUT2D eigenvalue weighted by atomic mass is 10.2. The van der Waals surface area contributed by atoms with Crippen LogP contribution in [-0.4, -0.2) is 10.9 Å². The third-order valence-corrected chi connectivity index (χ3v) is 2.64. The molecule has 1 amide bonds. The highest BCUT2D eigenvalue weighted by Crippen LogP contribution is 2.04. The predicted molar refractivity (Wildman–Crippen MR) is 76.1 cm³/mol. The lowest BCUT2D eigenvalue weighted by Crippen LogP contribution is -2.23. The minimum Gasteiger partial charge on any atom is -0.347 e. The average molecular weight is 263 g/mol. The summed E-state index contributed by atoms with van der Waals surface area (Å²) in [7, 11) is 0. The van der Waals surface area contributed by atoms with Crippen LogP contribution >= 0.6 is 0 Å². The van der Waals surface area contributed by atoms with Gasteiger partial charge in [-0.3, -0.25) is 9.78 Å². The Morgan fingerprint density at radius 1 is 1.20 bits per heavy atom. The quantitative estimate of drug-likeness (QED) is 0.680. The summed E-state index contributed by atoms with van der Waals surface area (Å²) in [4.78, 5) is 16.0. The molecule has 20 heavy (non-hydrogen) atoms. The molecule has 1 heterocycles. The average Bonchev–Trinajstić information content (AvgIpc) is 2.52.